The fourth-order valence-electron chi connectivity index (χ4n) is 3.01. The lowest BCUT2D eigenvalue weighted by Crippen LogP contribution is -2.12. The van der Waals surface area contributed by atoms with Gasteiger partial charge in [0, 0.05) is 11.3 Å². The highest BCUT2D eigenvalue weighted by atomic mass is 32.2. The third-order valence-electron chi connectivity index (χ3n) is 4.33. The third-order valence-corrected chi connectivity index (χ3v) is 5.60. The van der Waals surface area contributed by atoms with E-state index in [1.807, 2.05) is 49.4 Å². The number of hydrogen-bond donors (Lipinski definition) is 2. The molecule has 1 atom stereocenters. The fourth-order valence-corrected chi connectivity index (χ4v) is 4.20. The lowest BCUT2D eigenvalue weighted by atomic mass is 10.0. The molecular weight excluding hydrogens is 346 g/mol. The van der Waals surface area contributed by atoms with E-state index in [1.165, 1.54) is 0 Å². The van der Waals surface area contributed by atoms with Crippen LogP contribution in [-0.2, 0) is 11.4 Å². The number of fused-ring (bicyclic) bond motifs is 1. The Kier molecular flexibility index (Phi) is 4.67. The van der Waals surface area contributed by atoms with E-state index in [1.54, 1.807) is 11.8 Å². The number of aromatic nitrogens is 2. The first-order valence-corrected chi connectivity index (χ1v) is 9.48. The number of benzene rings is 2. The Morgan fingerprint density at radius 2 is 1.92 bits per heavy atom. The zero-order chi connectivity index (χ0) is 17.9. The molecule has 2 heterocycles. The summed E-state index contributed by atoms with van der Waals surface area (Å²) in [6.07, 6.45) is 0. The molecule has 132 valence electrons. The van der Waals surface area contributed by atoms with Crippen LogP contribution < -0.4 is 10.1 Å². The van der Waals surface area contributed by atoms with Crippen LogP contribution >= 0.6 is 11.8 Å². The fraction of sp³-hybridized carbons (Fsp3) is 0.200. The molecule has 6 heteroatoms. The van der Waals surface area contributed by atoms with Crippen molar-refractivity contribution in [3.63, 3.8) is 0 Å². The predicted octanol–water partition coefficient (Wildman–Crippen LogP) is 4.07. The van der Waals surface area contributed by atoms with Gasteiger partial charge in [0.2, 0.25) is 5.91 Å². The number of carbonyl (C=O) groups excluding carboxylic acids is 1. The molecular formula is C20H19N3O2S. The summed E-state index contributed by atoms with van der Waals surface area (Å²) in [5.74, 6) is 1.85. The van der Waals surface area contributed by atoms with Gasteiger partial charge in [0.25, 0.3) is 0 Å². The first-order chi connectivity index (χ1) is 12.7. The zero-order valence-electron chi connectivity index (χ0n) is 14.4. The predicted molar refractivity (Wildman–Crippen MR) is 103 cm³/mol. The lowest BCUT2D eigenvalue weighted by molar-refractivity contribution is -0.113. The van der Waals surface area contributed by atoms with Crippen LogP contribution in [0, 0.1) is 6.92 Å². The van der Waals surface area contributed by atoms with Gasteiger partial charge in [-0.15, -0.1) is 11.8 Å². The maximum atomic E-state index is 11.9. The molecule has 0 saturated carbocycles. The number of thioether (sulfide) groups is 1. The van der Waals surface area contributed by atoms with Gasteiger partial charge in [0.1, 0.15) is 12.4 Å². The van der Waals surface area contributed by atoms with Gasteiger partial charge in [-0.1, -0.05) is 42.5 Å². The second kappa shape index (κ2) is 7.25. The highest BCUT2D eigenvalue weighted by Gasteiger charge is 2.28. The van der Waals surface area contributed by atoms with Crippen molar-refractivity contribution in [2.75, 3.05) is 11.1 Å². The van der Waals surface area contributed by atoms with Crippen molar-refractivity contribution in [1.82, 2.24) is 10.2 Å². The minimum atomic E-state index is -0.0203. The summed E-state index contributed by atoms with van der Waals surface area (Å²) in [5.41, 5.74) is 4.28. The zero-order valence-corrected chi connectivity index (χ0v) is 15.2. The maximum Gasteiger partial charge on any atom is 0.235 e. The van der Waals surface area contributed by atoms with Crippen molar-refractivity contribution >= 4 is 23.5 Å². The van der Waals surface area contributed by atoms with Gasteiger partial charge in [-0.2, -0.15) is 5.10 Å². The van der Waals surface area contributed by atoms with Gasteiger partial charge in [0.05, 0.1) is 11.0 Å². The van der Waals surface area contributed by atoms with E-state index >= 15 is 0 Å². The number of anilines is 1. The molecule has 0 fully saturated rings. The van der Waals surface area contributed by atoms with Crippen LogP contribution in [0.4, 0.5) is 5.82 Å². The monoisotopic (exact) mass is 365 g/mol. The summed E-state index contributed by atoms with van der Waals surface area (Å²) >= 11 is 1.61. The summed E-state index contributed by atoms with van der Waals surface area (Å²) < 4.78 is 5.86. The number of amides is 1. The molecule has 1 amide bonds. The van der Waals surface area contributed by atoms with Crippen molar-refractivity contribution in [1.29, 1.82) is 0 Å². The average Bonchev–Trinajstić information content (AvgIpc) is 2.93. The number of rotatable bonds is 4. The second-order valence-electron chi connectivity index (χ2n) is 6.19. The minimum absolute atomic E-state index is 0.0203. The molecule has 26 heavy (non-hydrogen) atoms. The standard InChI is InChI=1S/C20H19N3O2S/c1-13-18-19(26-12-17(24)21-20(18)23-22-13)15-7-9-16(10-8-15)25-11-14-5-3-2-4-6-14/h2-10,19H,11-12H2,1H3,(H2,21,22,23,24)/t19-/m0/s1. The van der Waals surface area contributed by atoms with E-state index in [-0.39, 0.29) is 11.2 Å². The SMILES string of the molecule is Cc1[nH]nc2c1[C@H](c1ccc(OCc3ccccc3)cc1)SCC(=O)N2. The Bertz CT molecular complexity index is 907. The van der Waals surface area contributed by atoms with Crippen LogP contribution in [-0.4, -0.2) is 21.9 Å². The topological polar surface area (TPSA) is 67.0 Å². The van der Waals surface area contributed by atoms with Crippen molar-refractivity contribution in [3.05, 3.63) is 77.0 Å². The van der Waals surface area contributed by atoms with E-state index in [4.69, 9.17) is 4.74 Å². The molecule has 2 N–H and O–H groups in total. The summed E-state index contributed by atoms with van der Waals surface area (Å²) in [6, 6.07) is 18.2. The third kappa shape index (κ3) is 3.46. The smallest absolute Gasteiger partial charge is 0.235 e. The van der Waals surface area contributed by atoms with Crippen LogP contribution in [0.3, 0.4) is 0 Å². The number of aromatic amines is 1. The van der Waals surface area contributed by atoms with Crippen LogP contribution in [0.2, 0.25) is 0 Å². The van der Waals surface area contributed by atoms with E-state index in [0.717, 1.165) is 28.1 Å². The van der Waals surface area contributed by atoms with Gasteiger partial charge < -0.3 is 10.1 Å². The molecule has 0 radical (unpaired) electrons. The first-order valence-electron chi connectivity index (χ1n) is 8.44. The Morgan fingerprint density at radius 3 is 2.69 bits per heavy atom. The van der Waals surface area contributed by atoms with E-state index in [9.17, 15) is 4.79 Å². The number of nitrogens with zero attached hydrogens (tertiary/aromatic N) is 1. The molecule has 0 saturated heterocycles. The summed E-state index contributed by atoms with van der Waals surface area (Å²) in [7, 11) is 0. The van der Waals surface area contributed by atoms with Crippen LogP contribution in [0.25, 0.3) is 0 Å². The Labute approximate surface area is 156 Å². The lowest BCUT2D eigenvalue weighted by Gasteiger charge is -2.16. The number of H-pyrrole nitrogens is 1. The number of ether oxygens (including phenoxy) is 1. The molecule has 0 spiro atoms. The van der Waals surface area contributed by atoms with Crippen molar-refractivity contribution in [2.45, 2.75) is 18.8 Å². The average molecular weight is 365 g/mol. The van der Waals surface area contributed by atoms with E-state index in [0.29, 0.717) is 18.2 Å². The summed E-state index contributed by atoms with van der Waals surface area (Å²) in [4.78, 5) is 11.9. The van der Waals surface area contributed by atoms with Crippen LogP contribution in [0.5, 0.6) is 5.75 Å². The molecule has 1 aliphatic rings. The second-order valence-corrected chi connectivity index (χ2v) is 7.29. The normalized spacial score (nSPS) is 16.5. The Balaban J connectivity index is 1.53. The quantitative estimate of drug-likeness (QED) is 0.731. The molecule has 4 rings (SSSR count). The van der Waals surface area contributed by atoms with Crippen molar-refractivity contribution < 1.29 is 9.53 Å². The first kappa shape index (κ1) is 16.7. The van der Waals surface area contributed by atoms with Gasteiger partial charge in [-0.05, 0) is 30.2 Å². The number of nitrogens with one attached hydrogen (secondary N) is 2. The molecule has 0 aliphatic carbocycles. The summed E-state index contributed by atoms with van der Waals surface area (Å²) in [6.45, 7) is 2.52. The minimum Gasteiger partial charge on any atom is -0.489 e. The van der Waals surface area contributed by atoms with Crippen LogP contribution in [0.15, 0.2) is 54.6 Å². The highest BCUT2D eigenvalue weighted by molar-refractivity contribution is 8.00. The number of carbonyl (C=O) groups is 1. The van der Waals surface area contributed by atoms with Gasteiger partial charge in [-0.3, -0.25) is 9.89 Å². The van der Waals surface area contributed by atoms with Gasteiger partial charge >= 0.3 is 0 Å². The van der Waals surface area contributed by atoms with Crippen molar-refractivity contribution in [3.8, 4) is 5.75 Å². The molecule has 0 bridgehead atoms. The van der Waals surface area contributed by atoms with E-state index < -0.39 is 0 Å². The summed E-state index contributed by atoms with van der Waals surface area (Å²) in [5, 5.41) is 10.1. The Morgan fingerprint density at radius 1 is 1.15 bits per heavy atom. The van der Waals surface area contributed by atoms with Gasteiger partial charge in [0.15, 0.2) is 5.82 Å². The largest absolute Gasteiger partial charge is 0.489 e. The van der Waals surface area contributed by atoms with Gasteiger partial charge in [-0.25, -0.2) is 0 Å². The Hall–Kier alpha value is -2.73. The molecule has 0 unspecified atom stereocenters. The molecule has 1 aromatic heterocycles. The maximum absolute atomic E-state index is 11.9. The van der Waals surface area contributed by atoms with Crippen LogP contribution in [0.1, 0.15) is 27.6 Å². The molecule has 2 aromatic carbocycles. The number of hydrogen-bond acceptors (Lipinski definition) is 4. The van der Waals surface area contributed by atoms with E-state index in [2.05, 4.69) is 27.6 Å². The molecule has 3 aromatic rings. The molecule has 5 nitrogen and oxygen atoms in total. The van der Waals surface area contributed by atoms with Crippen molar-refractivity contribution in [2.24, 2.45) is 0 Å². The number of aryl methyl sites for hydroxylation is 1. The molecule has 1 aliphatic heterocycles. The highest BCUT2D eigenvalue weighted by Crippen LogP contribution is 2.42.